The van der Waals surface area contributed by atoms with Gasteiger partial charge in [-0.2, -0.15) is 0 Å². The van der Waals surface area contributed by atoms with Gasteiger partial charge >= 0.3 is 0 Å². The van der Waals surface area contributed by atoms with Crippen molar-refractivity contribution in [3.8, 4) is 0 Å². The van der Waals surface area contributed by atoms with Gasteiger partial charge < -0.3 is 5.32 Å². The maximum atomic E-state index is 4.21. The van der Waals surface area contributed by atoms with Crippen LogP contribution in [0.25, 0.3) is 0 Å². The lowest BCUT2D eigenvalue weighted by atomic mass is 9.98. The predicted octanol–water partition coefficient (Wildman–Crippen LogP) is 0.238. The van der Waals surface area contributed by atoms with E-state index >= 15 is 0 Å². The molecule has 3 nitrogen and oxygen atoms in total. The smallest absolute Gasteiger partial charge is 0.0590 e. The lowest BCUT2D eigenvalue weighted by molar-refractivity contribution is 0.343. The van der Waals surface area contributed by atoms with E-state index in [1.165, 1.54) is 0 Å². The highest BCUT2D eigenvalue weighted by molar-refractivity contribution is 4.98. The standard InChI is InChI=1S/C8H11N3/c1-2-11-8(6-9-1)3-7-4-10-5-7/h1-2,6-7,10H,3-5H2. The molecule has 0 bridgehead atoms. The molecule has 0 unspecified atom stereocenters. The summed E-state index contributed by atoms with van der Waals surface area (Å²) in [5, 5.41) is 3.23. The summed E-state index contributed by atoms with van der Waals surface area (Å²) in [4.78, 5) is 8.22. The first-order chi connectivity index (χ1) is 5.45. The molecule has 1 aliphatic rings. The molecule has 0 spiro atoms. The first-order valence-electron chi connectivity index (χ1n) is 3.91. The SMILES string of the molecule is c1cnc(CC2CNC2)cn1. The minimum absolute atomic E-state index is 0.784. The fourth-order valence-electron chi connectivity index (χ4n) is 1.22. The van der Waals surface area contributed by atoms with Gasteiger partial charge in [-0.1, -0.05) is 0 Å². The lowest BCUT2D eigenvalue weighted by Crippen LogP contribution is -2.43. The molecule has 1 N–H and O–H groups in total. The molecule has 1 fully saturated rings. The van der Waals surface area contributed by atoms with Crippen molar-refractivity contribution in [1.82, 2.24) is 15.3 Å². The van der Waals surface area contributed by atoms with E-state index in [-0.39, 0.29) is 0 Å². The second-order valence-electron chi connectivity index (χ2n) is 2.93. The largest absolute Gasteiger partial charge is 0.316 e. The third kappa shape index (κ3) is 1.54. The maximum Gasteiger partial charge on any atom is 0.0590 e. The van der Waals surface area contributed by atoms with E-state index < -0.39 is 0 Å². The van der Waals surface area contributed by atoms with Crippen LogP contribution in [-0.2, 0) is 6.42 Å². The number of nitrogens with one attached hydrogen (secondary N) is 1. The van der Waals surface area contributed by atoms with Crippen LogP contribution in [0, 0.1) is 5.92 Å². The van der Waals surface area contributed by atoms with Crippen LogP contribution in [0.1, 0.15) is 5.69 Å². The molecular weight excluding hydrogens is 138 g/mol. The Morgan fingerprint density at radius 1 is 1.45 bits per heavy atom. The Bertz CT molecular complexity index is 218. The van der Waals surface area contributed by atoms with Gasteiger partial charge in [-0.15, -0.1) is 0 Å². The van der Waals surface area contributed by atoms with Gasteiger partial charge in [-0.3, -0.25) is 9.97 Å². The summed E-state index contributed by atoms with van der Waals surface area (Å²) >= 11 is 0. The molecule has 0 aliphatic carbocycles. The molecule has 0 aromatic carbocycles. The van der Waals surface area contributed by atoms with Crippen LogP contribution in [-0.4, -0.2) is 23.1 Å². The highest BCUT2D eigenvalue weighted by Crippen LogP contribution is 2.08. The van der Waals surface area contributed by atoms with E-state index in [0.29, 0.717) is 0 Å². The van der Waals surface area contributed by atoms with Crippen molar-refractivity contribution in [2.75, 3.05) is 13.1 Å². The summed E-state index contributed by atoms with van der Waals surface area (Å²) in [6.45, 7) is 2.27. The van der Waals surface area contributed by atoms with Crippen LogP contribution in [0.2, 0.25) is 0 Å². The minimum Gasteiger partial charge on any atom is -0.316 e. The highest BCUT2D eigenvalue weighted by Gasteiger charge is 2.17. The molecule has 1 aromatic heterocycles. The first-order valence-corrected chi connectivity index (χ1v) is 3.91. The molecule has 2 heterocycles. The summed E-state index contributed by atoms with van der Waals surface area (Å²) in [6.07, 6.45) is 6.38. The van der Waals surface area contributed by atoms with Gasteiger partial charge in [0.1, 0.15) is 0 Å². The molecule has 0 saturated carbocycles. The van der Waals surface area contributed by atoms with Crippen LogP contribution in [0.15, 0.2) is 18.6 Å². The molecular formula is C8H11N3. The van der Waals surface area contributed by atoms with Crippen molar-refractivity contribution in [3.63, 3.8) is 0 Å². The fourth-order valence-corrected chi connectivity index (χ4v) is 1.22. The number of hydrogen-bond donors (Lipinski definition) is 1. The molecule has 1 saturated heterocycles. The Kier molecular flexibility index (Phi) is 1.81. The van der Waals surface area contributed by atoms with E-state index in [1.54, 1.807) is 12.4 Å². The van der Waals surface area contributed by atoms with Gasteiger partial charge in [0.05, 0.1) is 5.69 Å². The highest BCUT2D eigenvalue weighted by atomic mass is 14.9. The second-order valence-corrected chi connectivity index (χ2v) is 2.93. The Labute approximate surface area is 65.9 Å². The van der Waals surface area contributed by atoms with E-state index in [4.69, 9.17) is 0 Å². The van der Waals surface area contributed by atoms with Crippen LogP contribution < -0.4 is 5.32 Å². The molecule has 0 atom stereocenters. The monoisotopic (exact) mass is 149 g/mol. The lowest BCUT2D eigenvalue weighted by Gasteiger charge is -2.26. The Balaban J connectivity index is 1.95. The fraction of sp³-hybridized carbons (Fsp3) is 0.500. The zero-order valence-electron chi connectivity index (χ0n) is 6.33. The summed E-state index contributed by atoms with van der Waals surface area (Å²) in [5.41, 5.74) is 1.11. The van der Waals surface area contributed by atoms with Gasteiger partial charge in [0.15, 0.2) is 0 Å². The number of hydrogen-bond acceptors (Lipinski definition) is 3. The average Bonchev–Trinajstić information content (AvgIpc) is 1.99. The molecule has 0 amide bonds. The number of aromatic nitrogens is 2. The zero-order chi connectivity index (χ0) is 7.52. The number of rotatable bonds is 2. The van der Waals surface area contributed by atoms with Gasteiger partial charge in [-0.05, 0) is 25.4 Å². The summed E-state index contributed by atoms with van der Waals surface area (Å²) < 4.78 is 0. The third-order valence-electron chi connectivity index (χ3n) is 1.98. The number of nitrogens with zero attached hydrogens (tertiary/aromatic N) is 2. The molecule has 1 aromatic rings. The van der Waals surface area contributed by atoms with Crippen molar-refractivity contribution >= 4 is 0 Å². The molecule has 11 heavy (non-hydrogen) atoms. The summed E-state index contributed by atoms with van der Waals surface area (Å²) in [7, 11) is 0. The van der Waals surface area contributed by atoms with E-state index in [0.717, 1.165) is 31.1 Å². The molecule has 58 valence electrons. The molecule has 1 aliphatic heterocycles. The second kappa shape index (κ2) is 2.96. The van der Waals surface area contributed by atoms with Crippen molar-refractivity contribution in [2.45, 2.75) is 6.42 Å². The van der Waals surface area contributed by atoms with Crippen molar-refractivity contribution in [1.29, 1.82) is 0 Å². The topological polar surface area (TPSA) is 37.8 Å². The Hall–Kier alpha value is -0.960. The molecule has 0 radical (unpaired) electrons. The summed E-state index contributed by atoms with van der Waals surface area (Å²) in [6, 6.07) is 0. The Morgan fingerprint density at radius 2 is 2.36 bits per heavy atom. The molecule has 3 heteroatoms. The first kappa shape index (κ1) is 6.73. The van der Waals surface area contributed by atoms with E-state index in [2.05, 4.69) is 15.3 Å². The van der Waals surface area contributed by atoms with Gasteiger partial charge in [0.2, 0.25) is 0 Å². The van der Waals surface area contributed by atoms with Gasteiger partial charge in [0, 0.05) is 18.6 Å². The third-order valence-corrected chi connectivity index (χ3v) is 1.98. The van der Waals surface area contributed by atoms with Gasteiger partial charge in [-0.25, -0.2) is 0 Å². The average molecular weight is 149 g/mol. The Morgan fingerprint density at radius 3 is 2.91 bits per heavy atom. The van der Waals surface area contributed by atoms with Crippen LogP contribution in [0.4, 0.5) is 0 Å². The van der Waals surface area contributed by atoms with Crippen molar-refractivity contribution < 1.29 is 0 Å². The van der Waals surface area contributed by atoms with E-state index in [9.17, 15) is 0 Å². The van der Waals surface area contributed by atoms with Gasteiger partial charge in [0.25, 0.3) is 0 Å². The summed E-state index contributed by atoms with van der Waals surface area (Å²) in [5.74, 6) is 0.784. The zero-order valence-corrected chi connectivity index (χ0v) is 6.33. The maximum absolute atomic E-state index is 4.21. The van der Waals surface area contributed by atoms with Crippen molar-refractivity contribution in [2.24, 2.45) is 5.92 Å². The van der Waals surface area contributed by atoms with Crippen LogP contribution in [0.3, 0.4) is 0 Å². The van der Waals surface area contributed by atoms with Crippen LogP contribution >= 0.6 is 0 Å². The van der Waals surface area contributed by atoms with Crippen LogP contribution in [0.5, 0.6) is 0 Å². The predicted molar refractivity (Wildman–Crippen MR) is 42.1 cm³/mol. The van der Waals surface area contributed by atoms with Crippen molar-refractivity contribution in [3.05, 3.63) is 24.3 Å². The minimum atomic E-state index is 0.784. The quantitative estimate of drug-likeness (QED) is 0.654. The normalized spacial score (nSPS) is 17.8. The van der Waals surface area contributed by atoms with E-state index in [1.807, 2.05) is 6.20 Å². The molecule has 2 rings (SSSR count).